The lowest BCUT2D eigenvalue weighted by atomic mass is 10.0. The van der Waals surface area contributed by atoms with Crippen LogP contribution in [0.2, 0.25) is 0 Å². The monoisotopic (exact) mass is 300 g/mol. The van der Waals surface area contributed by atoms with Crippen molar-refractivity contribution in [2.45, 2.75) is 25.8 Å². The summed E-state index contributed by atoms with van der Waals surface area (Å²) in [5.41, 5.74) is 1.58. The molecule has 1 atom stereocenters. The van der Waals surface area contributed by atoms with Crippen LogP contribution in [0.25, 0.3) is 11.3 Å². The van der Waals surface area contributed by atoms with Gasteiger partial charge in [0, 0.05) is 12.1 Å². The van der Waals surface area contributed by atoms with E-state index < -0.39 is 12.0 Å². The van der Waals surface area contributed by atoms with Gasteiger partial charge in [-0.2, -0.15) is 0 Å². The van der Waals surface area contributed by atoms with Crippen molar-refractivity contribution in [3.63, 3.8) is 0 Å². The number of carbonyl (C=O) groups is 2. The lowest BCUT2D eigenvalue weighted by Crippen LogP contribution is -2.40. The van der Waals surface area contributed by atoms with E-state index in [2.05, 4.69) is 5.16 Å². The molecule has 1 amide bonds. The van der Waals surface area contributed by atoms with Crippen molar-refractivity contribution in [3.8, 4) is 11.3 Å². The average Bonchev–Trinajstić information content (AvgIpc) is 3.14. The maximum Gasteiger partial charge on any atom is 0.326 e. The quantitative estimate of drug-likeness (QED) is 0.940. The fourth-order valence-corrected chi connectivity index (χ4v) is 2.83. The second-order valence-electron chi connectivity index (χ2n) is 5.32. The third-order valence-corrected chi connectivity index (χ3v) is 3.92. The molecule has 6 heteroatoms. The summed E-state index contributed by atoms with van der Waals surface area (Å²) in [4.78, 5) is 25.5. The van der Waals surface area contributed by atoms with Crippen LogP contribution >= 0.6 is 0 Å². The number of amides is 1. The molecule has 1 aromatic heterocycles. The Kier molecular flexibility index (Phi) is 3.66. The molecule has 0 aliphatic carbocycles. The van der Waals surface area contributed by atoms with Crippen molar-refractivity contribution in [1.29, 1.82) is 0 Å². The summed E-state index contributed by atoms with van der Waals surface area (Å²) in [5, 5.41) is 13.2. The van der Waals surface area contributed by atoms with Crippen LogP contribution < -0.4 is 0 Å². The molecule has 114 valence electrons. The van der Waals surface area contributed by atoms with Crippen LogP contribution in [0, 0.1) is 6.92 Å². The summed E-state index contributed by atoms with van der Waals surface area (Å²) in [7, 11) is 0. The Balaban J connectivity index is 2.00. The van der Waals surface area contributed by atoms with E-state index in [4.69, 9.17) is 4.52 Å². The Hall–Kier alpha value is -2.63. The van der Waals surface area contributed by atoms with Gasteiger partial charge in [0.2, 0.25) is 0 Å². The fourth-order valence-electron chi connectivity index (χ4n) is 2.83. The highest BCUT2D eigenvalue weighted by atomic mass is 16.5. The van der Waals surface area contributed by atoms with E-state index in [0.717, 1.165) is 5.56 Å². The number of nitrogens with zero attached hydrogens (tertiary/aromatic N) is 2. The van der Waals surface area contributed by atoms with E-state index in [1.807, 2.05) is 30.3 Å². The molecule has 1 aromatic carbocycles. The van der Waals surface area contributed by atoms with Gasteiger partial charge in [-0.05, 0) is 19.8 Å². The van der Waals surface area contributed by atoms with Crippen LogP contribution in [-0.2, 0) is 4.79 Å². The van der Waals surface area contributed by atoms with Crippen LogP contribution in [-0.4, -0.2) is 39.6 Å². The normalized spacial score (nSPS) is 17.7. The third kappa shape index (κ3) is 2.36. The molecule has 0 unspecified atom stereocenters. The SMILES string of the molecule is Cc1onc(-c2ccccc2)c1C(=O)N1CCC[C@@H]1C(=O)O. The number of likely N-dealkylation sites (tertiary alicyclic amines) is 1. The highest BCUT2D eigenvalue weighted by molar-refractivity contribution is 6.02. The molecule has 1 aliphatic heterocycles. The minimum atomic E-state index is -0.971. The number of benzene rings is 1. The largest absolute Gasteiger partial charge is 0.480 e. The first-order chi connectivity index (χ1) is 10.6. The smallest absolute Gasteiger partial charge is 0.326 e. The lowest BCUT2D eigenvalue weighted by molar-refractivity contribution is -0.141. The van der Waals surface area contributed by atoms with Crippen LogP contribution in [0.1, 0.15) is 29.0 Å². The number of rotatable bonds is 3. The molecule has 6 nitrogen and oxygen atoms in total. The first kappa shape index (κ1) is 14.3. The standard InChI is InChI=1S/C16H16N2O4/c1-10-13(14(17-22-10)11-6-3-2-4-7-11)15(19)18-9-5-8-12(18)16(20)21/h2-4,6-7,12H,5,8-9H2,1H3,(H,20,21)/t12-/m1/s1. The average molecular weight is 300 g/mol. The summed E-state index contributed by atoms with van der Waals surface area (Å²) in [6, 6.07) is 8.48. The van der Waals surface area contributed by atoms with Gasteiger partial charge in [0.05, 0.1) is 0 Å². The van der Waals surface area contributed by atoms with Gasteiger partial charge in [0.1, 0.15) is 23.1 Å². The molecule has 0 radical (unpaired) electrons. The topological polar surface area (TPSA) is 83.6 Å². The van der Waals surface area contributed by atoms with Crippen LogP contribution in [0.5, 0.6) is 0 Å². The van der Waals surface area contributed by atoms with E-state index in [1.165, 1.54) is 4.90 Å². The summed E-state index contributed by atoms with van der Waals surface area (Å²) in [5.74, 6) is -0.899. The van der Waals surface area contributed by atoms with Gasteiger partial charge >= 0.3 is 5.97 Å². The van der Waals surface area contributed by atoms with Crippen molar-refractivity contribution < 1.29 is 19.2 Å². The number of hydrogen-bond donors (Lipinski definition) is 1. The fraction of sp³-hybridized carbons (Fsp3) is 0.312. The molecule has 2 heterocycles. The Labute approximate surface area is 127 Å². The Bertz CT molecular complexity index is 708. The zero-order valence-electron chi connectivity index (χ0n) is 12.2. The van der Waals surface area contributed by atoms with Crippen molar-refractivity contribution >= 4 is 11.9 Å². The van der Waals surface area contributed by atoms with E-state index in [1.54, 1.807) is 6.92 Å². The highest BCUT2D eigenvalue weighted by Crippen LogP contribution is 2.29. The zero-order chi connectivity index (χ0) is 15.7. The first-order valence-corrected chi connectivity index (χ1v) is 7.15. The second kappa shape index (κ2) is 5.63. The number of carboxylic acid groups (broad SMARTS) is 1. The predicted octanol–water partition coefficient (Wildman–Crippen LogP) is 2.34. The van der Waals surface area contributed by atoms with E-state index >= 15 is 0 Å². The van der Waals surface area contributed by atoms with Crippen LogP contribution in [0.4, 0.5) is 0 Å². The molecule has 1 N–H and O–H groups in total. The van der Waals surface area contributed by atoms with Gasteiger partial charge in [-0.15, -0.1) is 0 Å². The van der Waals surface area contributed by atoms with Gasteiger partial charge in [-0.3, -0.25) is 4.79 Å². The highest BCUT2D eigenvalue weighted by Gasteiger charge is 2.37. The molecule has 0 bridgehead atoms. The molecule has 1 fully saturated rings. The number of carbonyl (C=O) groups excluding carboxylic acids is 1. The van der Waals surface area contributed by atoms with E-state index in [0.29, 0.717) is 36.4 Å². The zero-order valence-corrected chi connectivity index (χ0v) is 12.2. The van der Waals surface area contributed by atoms with Crippen LogP contribution in [0.15, 0.2) is 34.9 Å². The van der Waals surface area contributed by atoms with Gasteiger partial charge in [0.15, 0.2) is 0 Å². The number of carboxylic acids is 1. The molecule has 1 aliphatic rings. The van der Waals surface area contributed by atoms with Crippen molar-refractivity contribution in [2.24, 2.45) is 0 Å². The molecule has 0 saturated carbocycles. The van der Waals surface area contributed by atoms with Crippen molar-refractivity contribution in [1.82, 2.24) is 10.1 Å². The van der Waals surface area contributed by atoms with Crippen LogP contribution in [0.3, 0.4) is 0 Å². The number of aromatic nitrogens is 1. The molecular weight excluding hydrogens is 284 g/mol. The molecule has 22 heavy (non-hydrogen) atoms. The predicted molar refractivity (Wildman–Crippen MR) is 78.4 cm³/mol. The number of hydrogen-bond acceptors (Lipinski definition) is 4. The molecule has 0 spiro atoms. The van der Waals surface area contributed by atoms with E-state index in [9.17, 15) is 14.7 Å². The molecule has 2 aromatic rings. The summed E-state index contributed by atoms with van der Waals surface area (Å²) < 4.78 is 5.18. The maximum absolute atomic E-state index is 12.8. The molecule has 3 rings (SSSR count). The minimum Gasteiger partial charge on any atom is -0.480 e. The summed E-state index contributed by atoms with van der Waals surface area (Å²) in [6.07, 6.45) is 1.17. The second-order valence-corrected chi connectivity index (χ2v) is 5.32. The summed E-state index contributed by atoms with van der Waals surface area (Å²) >= 11 is 0. The van der Waals surface area contributed by atoms with Crippen molar-refractivity contribution in [2.75, 3.05) is 6.54 Å². The van der Waals surface area contributed by atoms with Gasteiger partial charge in [-0.1, -0.05) is 35.5 Å². The Morgan fingerprint density at radius 2 is 2.05 bits per heavy atom. The minimum absolute atomic E-state index is 0.331. The number of aryl methyl sites for hydroxylation is 1. The Morgan fingerprint density at radius 3 is 2.73 bits per heavy atom. The molecular formula is C16H16N2O4. The maximum atomic E-state index is 12.8. The van der Waals surface area contributed by atoms with Gasteiger partial charge in [0.25, 0.3) is 5.91 Å². The van der Waals surface area contributed by atoms with Gasteiger partial charge in [-0.25, -0.2) is 4.79 Å². The lowest BCUT2D eigenvalue weighted by Gasteiger charge is -2.21. The first-order valence-electron chi connectivity index (χ1n) is 7.15. The van der Waals surface area contributed by atoms with Crippen molar-refractivity contribution in [3.05, 3.63) is 41.7 Å². The van der Waals surface area contributed by atoms with Gasteiger partial charge < -0.3 is 14.5 Å². The number of aliphatic carboxylic acids is 1. The third-order valence-electron chi connectivity index (χ3n) is 3.92. The Morgan fingerprint density at radius 1 is 1.32 bits per heavy atom. The summed E-state index contributed by atoms with van der Waals surface area (Å²) in [6.45, 7) is 2.10. The van der Waals surface area contributed by atoms with E-state index in [-0.39, 0.29) is 5.91 Å². The molecule has 1 saturated heterocycles.